The summed E-state index contributed by atoms with van der Waals surface area (Å²) >= 11 is 1.94. The molecule has 2 aromatic heterocycles. The van der Waals surface area contributed by atoms with Gasteiger partial charge in [0.05, 0.1) is 0 Å². The largest absolute Gasteiger partial charge is 0.440 e. The summed E-state index contributed by atoms with van der Waals surface area (Å²) in [6.45, 7) is 4.66. The molecule has 4 atom stereocenters. The fourth-order valence-corrected chi connectivity index (χ4v) is 10.4. The summed E-state index contributed by atoms with van der Waals surface area (Å²) in [5.41, 5.74) is 11.4. The molecule has 4 aromatic rings. The van der Waals surface area contributed by atoms with Crippen LogP contribution < -0.4 is 21.1 Å². The van der Waals surface area contributed by atoms with E-state index in [-0.39, 0.29) is 0 Å². The molecule has 0 aliphatic heterocycles. The quantitative estimate of drug-likeness (QED) is 0.359. The van der Waals surface area contributed by atoms with E-state index >= 15 is 0 Å². The Morgan fingerprint density at radius 1 is 0.579 bits per heavy atom. The van der Waals surface area contributed by atoms with Gasteiger partial charge in [-0.05, 0) is 57.7 Å². The van der Waals surface area contributed by atoms with Crippen LogP contribution in [0.3, 0.4) is 0 Å². The van der Waals surface area contributed by atoms with Crippen molar-refractivity contribution in [3.05, 3.63) is 117 Å². The molecule has 8 rings (SSSR count). The van der Waals surface area contributed by atoms with E-state index in [1.165, 1.54) is 54.8 Å². The highest BCUT2D eigenvalue weighted by Crippen LogP contribution is 2.49. The Hall–Kier alpha value is -2.98. The Morgan fingerprint density at radius 2 is 0.974 bits per heavy atom. The molecule has 4 aliphatic carbocycles. The van der Waals surface area contributed by atoms with E-state index in [1.807, 2.05) is 0 Å². The highest BCUT2D eigenvalue weighted by molar-refractivity contribution is 6.10. The van der Waals surface area contributed by atoms with Crippen molar-refractivity contribution in [1.29, 1.82) is 0 Å². The molecule has 4 unspecified atom stereocenters. The number of fused-ring (bicyclic) bond motifs is 2. The van der Waals surface area contributed by atoms with Crippen LogP contribution in [0.25, 0.3) is 45.8 Å². The second-order valence-corrected chi connectivity index (χ2v) is 13.3. The second kappa shape index (κ2) is 8.26. The lowest BCUT2D eigenvalue weighted by Gasteiger charge is -2.44. The van der Waals surface area contributed by atoms with Gasteiger partial charge < -0.3 is 7.10 Å². The van der Waals surface area contributed by atoms with Crippen LogP contribution in [0.2, 0.25) is 0 Å². The standard InChI is InChI=1S/C34H26N2.2Al.4H/c1-19-27-17-23-13-16-26-30-24(18-28-20(2)32(36-34(26)28)22-11-7-4-8-12-22)14-15-25(29(23)30)33(27)35-31(19)21-9-5-3-6-10-21;;;;;;/h3-18,23-24,29-30H,1-2H3;;;;;;/q-2;2*+1;;;;. The third-order valence-corrected chi connectivity index (χ3v) is 11.4. The molecule has 0 radical (unpaired) electrons. The number of benzene rings is 2. The maximum Gasteiger partial charge on any atom is 0.370 e. The predicted molar refractivity (Wildman–Crippen MR) is 164 cm³/mol. The van der Waals surface area contributed by atoms with Crippen molar-refractivity contribution >= 4 is 56.3 Å². The van der Waals surface area contributed by atoms with Gasteiger partial charge in [-0.3, -0.25) is 0 Å². The van der Waals surface area contributed by atoms with Crippen molar-refractivity contribution in [2.75, 3.05) is 0 Å². The van der Waals surface area contributed by atoms with Gasteiger partial charge >= 0.3 is 33.0 Å². The van der Waals surface area contributed by atoms with Crippen molar-refractivity contribution in [1.82, 2.24) is 7.10 Å². The van der Waals surface area contributed by atoms with Crippen LogP contribution in [0.4, 0.5) is 0 Å². The molecule has 4 heteroatoms. The summed E-state index contributed by atoms with van der Waals surface area (Å²) < 4.78 is 5.21. The van der Waals surface area contributed by atoms with Gasteiger partial charge in [-0.15, -0.1) is 0 Å². The summed E-state index contributed by atoms with van der Waals surface area (Å²) in [5.74, 6) is 1.91. The predicted octanol–water partition coefficient (Wildman–Crippen LogP) is 2.23. The van der Waals surface area contributed by atoms with E-state index in [9.17, 15) is 0 Å². The Bertz CT molecular complexity index is 1820. The molecule has 38 heavy (non-hydrogen) atoms. The Morgan fingerprint density at radius 3 is 1.37 bits per heavy atom. The van der Waals surface area contributed by atoms with Gasteiger partial charge in [0, 0.05) is 45.8 Å². The van der Waals surface area contributed by atoms with Crippen LogP contribution in [0.1, 0.15) is 11.1 Å². The first kappa shape index (κ1) is 23.0. The van der Waals surface area contributed by atoms with Crippen molar-refractivity contribution < 1.29 is 0 Å². The molecule has 0 amide bonds. The van der Waals surface area contributed by atoms with Crippen molar-refractivity contribution in [2.24, 2.45) is 23.7 Å². The van der Waals surface area contributed by atoms with Gasteiger partial charge in [0.25, 0.3) is 0 Å². The molecule has 2 heterocycles. The monoisotopic (exact) mass is 520 g/mol. The van der Waals surface area contributed by atoms with Crippen molar-refractivity contribution in [3.8, 4) is 22.5 Å². The van der Waals surface area contributed by atoms with Crippen LogP contribution in [0.5, 0.6) is 0 Å². The van der Waals surface area contributed by atoms with E-state index in [2.05, 4.69) is 118 Å². The molecule has 0 bridgehead atoms. The number of allylic oxidation sites excluding steroid dienone is 4. The van der Waals surface area contributed by atoms with E-state index in [1.54, 1.807) is 11.1 Å². The van der Waals surface area contributed by atoms with Gasteiger partial charge in [0.15, 0.2) is 0 Å². The van der Waals surface area contributed by atoms with Gasteiger partial charge in [-0.25, -0.2) is 0 Å². The molecule has 0 spiro atoms. The zero-order chi connectivity index (χ0) is 25.7. The van der Waals surface area contributed by atoms with Crippen LogP contribution >= 0.6 is 0 Å². The number of rotatable bonds is 2. The van der Waals surface area contributed by atoms with E-state index in [4.69, 9.17) is 0 Å². The molecule has 4 aliphatic rings. The zero-order valence-electron chi connectivity index (χ0n) is 22.4. The molecule has 0 saturated heterocycles. The number of aromatic nitrogens is 2. The lowest BCUT2D eigenvalue weighted by atomic mass is 9.60. The highest BCUT2D eigenvalue weighted by atomic mass is 27.1. The summed E-state index contributed by atoms with van der Waals surface area (Å²) in [6.07, 6.45) is 15.2. The maximum atomic E-state index is 2.61. The topological polar surface area (TPSA) is 9.86 Å². The molecular weight excluding hydrogens is 490 g/mol. The summed E-state index contributed by atoms with van der Waals surface area (Å²) in [7, 11) is 0. The SMILES string of the molecule is Cc1c(-c2ccccc2)[n]([AlH2])c2c1=CC1C=CC3=c4c(c(C)c(-c5ccccc5)[n]4[AlH2])=CC4C=CC=2C1C34. The van der Waals surface area contributed by atoms with Crippen molar-refractivity contribution in [2.45, 2.75) is 13.8 Å². The average Bonchev–Trinajstić information content (AvgIpc) is 3.35. The molecule has 0 fully saturated rings. The number of hydrogen-bond acceptors (Lipinski definition) is 0. The fourth-order valence-electron chi connectivity index (χ4n) is 8.17. The van der Waals surface area contributed by atoms with Gasteiger partial charge in [0.1, 0.15) is 0 Å². The molecule has 0 saturated carbocycles. The minimum Gasteiger partial charge on any atom is -0.440 e. The fraction of sp³-hybridized carbons (Fsp3) is 0.176. The Balaban J connectivity index is 1.41. The Kier molecular flexibility index (Phi) is 4.99. The first-order valence-corrected chi connectivity index (χ1v) is 15.6. The minimum absolute atomic E-state index is 0.451. The van der Waals surface area contributed by atoms with Crippen LogP contribution in [-0.4, -0.2) is 40.1 Å². The van der Waals surface area contributed by atoms with Gasteiger partial charge in [-0.2, -0.15) is 0 Å². The van der Waals surface area contributed by atoms with E-state index in [0.717, 1.165) is 33.0 Å². The highest BCUT2D eigenvalue weighted by Gasteiger charge is 2.43. The summed E-state index contributed by atoms with van der Waals surface area (Å²) in [6, 6.07) is 22.0. The zero-order valence-corrected chi connectivity index (χ0v) is 26.4. The Labute approximate surface area is 239 Å². The third-order valence-electron chi connectivity index (χ3n) is 9.66. The number of hydrogen-bond donors (Lipinski definition) is 0. The first-order valence-electron chi connectivity index (χ1n) is 13.8. The summed E-state index contributed by atoms with van der Waals surface area (Å²) in [5, 5.41) is 5.87. The lowest BCUT2D eigenvalue weighted by Crippen LogP contribution is -2.49. The van der Waals surface area contributed by atoms with Gasteiger partial charge in [-0.1, -0.05) is 97.1 Å². The average molecular weight is 521 g/mol. The smallest absolute Gasteiger partial charge is 0.370 e. The molecule has 2 aromatic carbocycles. The van der Waals surface area contributed by atoms with Crippen LogP contribution in [-0.2, 0) is 0 Å². The van der Waals surface area contributed by atoms with Crippen LogP contribution in [0.15, 0.2) is 85.0 Å². The summed E-state index contributed by atoms with van der Waals surface area (Å²) in [4.78, 5) is 0. The molecular formula is C34H30Al2N2. The second-order valence-electron chi connectivity index (χ2n) is 11.5. The third kappa shape index (κ3) is 2.96. The van der Waals surface area contributed by atoms with E-state index < -0.39 is 0 Å². The molecule has 2 nitrogen and oxygen atoms in total. The lowest BCUT2D eigenvalue weighted by molar-refractivity contribution is 0.393. The minimum atomic E-state index is 0.451. The van der Waals surface area contributed by atoms with Crippen molar-refractivity contribution in [3.63, 3.8) is 0 Å². The molecule has 182 valence electrons. The van der Waals surface area contributed by atoms with Gasteiger partial charge in [0.2, 0.25) is 0 Å². The number of nitrogens with zero attached hydrogens (tertiary/aromatic N) is 2. The van der Waals surface area contributed by atoms with Crippen LogP contribution in [0, 0.1) is 37.5 Å². The maximum absolute atomic E-state index is 2.61. The molecule has 0 N–H and O–H groups in total. The van der Waals surface area contributed by atoms with E-state index in [0.29, 0.717) is 23.7 Å². The first-order chi connectivity index (χ1) is 18.5. The normalized spacial score (nSPS) is 23.8.